The molecule has 0 unspecified atom stereocenters. The summed E-state index contributed by atoms with van der Waals surface area (Å²) in [5.74, 6) is -0.940. The summed E-state index contributed by atoms with van der Waals surface area (Å²) in [5.41, 5.74) is 0.677. The molecule has 18 heavy (non-hydrogen) atoms. The molecule has 1 saturated heterocycles. The van der Waals surface area contributed by atoms with Crippen LogP contribution in [-0.2, 0) is 4.79 Å². The Kier molecular flexibility index (Phi) is 4.05. The summed E-state index contributed by atoms with van der Waals surface area (Å²) in [7, 11) is 0. The minimum atomic E-state index is -0.940. The van der Waals surface area contributed by atoms with E-state index in [4.69, 9.17) is 5.11 Å². The molecule has 2 N–H and O–H groups in total. The van der Waals surface area contributed by atoms with Crippen molar-refractivity contribution in [2.75, 3.05) is 11.9 Å². The van der Waals surface area contributed by atoms with E-state index in [0.717, 1.165) is 9.99 Å². The topological polar surface area (TPSA) is 69.6 Å². The summed E-state index contributed by atoms with van der Waals surface area (Å²) in [6, 6.07) is 6.32. The van der Waals surface area contributed by atoms with Gasteiger partial charge in [-0.1, -0.05) is 0 Å². The van der Waals surface area contributed by atoms with E-state index < -0.39 is 12.0 Å². The number of carboxylic acids is 1. The molecule has 1 aromatic rings. The SMILES string of the molecule is O=C(O)[C@@H]1CCCN1C(=O)Nc1ccc(I)cc1. The molecule has 2 rings (SSSR count). The number of nitrogens with one attached hydrogen (secondary N) is 1. The summed E-state index contributed by atoms with van der Waals surface area (Å²) >= 11 is 2.18. The lowest BCUT2D eigenvalue weighted by Crippen LogP contribution is -2.42. The van der Waals surface area contributed by atoms with Crippen molar-refractivity contribution in [3.63, 3.8) is 0 Å². The van der Waals surface area contributed by atoms with Crippen LogP contribution in [0.1, 0.15) is 12.8 Å². The van der Waals surface area contributed by atoms with Gasteiger partial charge < -0.3 is 15.3 Å². The quantitative estimate of drug-likeness (QED) is 0.796. The number of likely N-dealkylation sites (tertiary alicyclic amines) is 1. The average molecular weight is 360 g/mol. The van der Waals surface area contributed by atoms with Gasteiger partial charge in [0.15, 0.2) is 0 Å². The molecular weight excluding hydrogens is 347 g/mol. The van der Waals surface area contributed by atoms with Crippen molar-refractivity contribution in [1.82, 2.24) is 4.90 Å². The Balaban J connectivity index is 2.03. The predicted molar refractivity (Wildman–Crippen MR) is 75.5 cm³/mol. The summed E-state index contributed by atoms with van der Waals surface area (Å²) in [6.07, 6.45) is 1.26. The first-order valence-electron chi connectivity index (χ1n) is 5.64. The van der Waals surface area contributed by atoms with Crippen LogP contribution in [0.25, 0.3) is 0 Å². The maximum absolute atomic E-state index is 12.0. The highest BCUT2D eigenvalue weighted by atomic mass is 127. The van der Waals surface area contributed by atoms with Crippen LogP contribution in [-0.4, -0.2) is 34.6 Å². The van der Waals surface area contributed by atoms with Crippen molar-refractivity contribution in [1.29, 1.82) is 0 Å². The molecule has 0 spiro atoms. The zero-order chi connectivity index (χ0) is 13.1. The van der Waals surface area contributed by atoms with Crippen molar-refractivity contribution >= 4 is 40.3 Å². The summed E-state index contributed by atoms with van der Waals surface area (Å²) < 4.78 is 1.08. The molecule has 1 aromatic carbocycles. The number of halogens is 1. The number of amides is 2. The van der Waals surface area contributed by atoms with Gasteiger partial charge in [0, 0.05) is 15.8 Å². The lowest BCUT2D eigenvalue weighted by Gasteiger charge is -2.21. The van der Waals surface area contributed by atoms with Gasteiger partial charge in [0.2, 0.25) is 0 Å². The number of carbonyl (C=O) groups excluding carboxylic acids is 1. The van der Waals surface area contributed by atoms with E-state index in [2.05, 4.69) is 27.9 Å². The van der Waals surface area contributed by atoms with E-state index in [9.17, 15) is 9.59 Å². The van der Waals surface area contributed by atoms with Crippen molar-refractivity contribution in [3.8, 4) is 0 Å². The summed E-state index contributed by atoms with van der Waals surface area (Å²) in [6.45, 7) is 0.493. The number of carbonyl (C=O) groups is 2. The zero-order valence-electron chi connectivity index (χ0n) is 9.60. The molecule has 1 fully saturated rings. The number of anilines is 1. The molecule has 1 aliphatic heterocycles. The Labute approximate surface area is 118 Å². The molecule has 6 heteroatoms. The summed E-state index contributed by atoms with van der Waals surface area (Å²) in [5, 5.41) is 11.7. The van der Waals surface area contributed by atoms with E-state index in [1.807, 2.05) is 12.1 Å². The van der Waals surface area contributed by atoms with Gasteiger partial charge in [0.1, 0.15) is 6.04 Å². The molecular formula is C12H13IN2O3. The minimum absolute atomic E-state index is 0.346. The monoisotopic (exact) mass is 360 g/mol. The molecule has 1 heterocycles. The van der Waals surface area contributed by atoms with Crippen LogP contribution in [0.3, 0.4) is 0 Å². The third-order valence-electron chi connectivity index (χ3n) is 2.89. The number of rotatable bonds is 2. The molecule has 0 bridgehead atoms. The fourth-order valence-electron chi connectivity index (χ4n) is 2.00. The first-order chi connectivity index (χ1) is 8.58. The number of hydrogen-bond donors (Lipinski definition) is 2. The highest BCUT2D eigenvalue weighted by Gasteiger charge is 2.33. The van der Waals surface area contributed by atoms with Gasteiger partial charge in [-0.25, -0.2) is 9.59 Å². The number of nitrogens with zero attached hydrogens (tertiary/aromatic N) is 1. The van der Waals surface area contributed by atoms with Crippen LogP contribution in [0, 0.1) is 3.57 Å². The minimum Gasteiger partial charge on any atom is -0.480 e. The number of carboxylic acid groups (broad SMARTS) is 1. The number of hydrogen-bond acceptors (Lipinski definition) is 2. The van der Waals surface area contributed by atoms with Crippen LogP contribution < -0.4 is 5.32 Å². The van der Waals surface area contributed by atoms with E-state index in [0.29, 0.717) is 18.7 Å². The maximum Gasteiger partial charge on any atom is 0.326 e. The Morgan fingerprint density at radius 3 is 2.61 bits per heavy atom. The number of aliphatic carboxylic acids is 1. The van der Waals surface area contributed by atoms with Crippen molar-refractivity contribution in [2.45, 2.75) is 18.9 Å². The number of benzene rings is 1. The van der Waals surface area contributed by atoms with Gasteiger partial charge in [0.25, 0.3) is 0 Å². The van der Waals surface area contributed by atoms with E-state index in [1.54, 1.807) is 12.1 Å². The standard InChI is InChI=1S/C12H13IN2O3/c13-8-3-5-9(6-4-8)14-12(18)15-7-1-2-10(15)11(16)17/h3-6,10H,1-2,7H2,(H,14,18)(H,16,17)/t10-/m0/s1. The van der Waals surface area contributed by atoms with Gasteiger partial charge in [-0.05, 0) is 59.7 Å². The highest BCUT2D eigenvalue weighted by molar-refractivity contribution is 14.1. The molecule has 96 valence electrons. The van der Waals surface area contributed by atoms with E-state index in [1.165, 1.54) is 4.90 Å². The Hall–Kier alpha value is -1.31. The third-order valence-corrected chi connectivity index (χ3v) is 3.61. The average Bonchev–Trinajstić information content (AvgIpc) is 2.81. The normalized spacial score (nSPS) is 18.7. The van der Waals surface area contributed by atoms with Crippen LogP contribution >= 0.6 is 22.6 Å². The Bertz CT molecular complexity index is 461. The second kappa shape index (κ2) is 5.55. The molecule has 0 saturated carbocycles. The van der Waals surface area contributed by atoms with Gasteiger partial charge in [-0.3, -0.25) is 0 Å². The molecule has 0 radical (unpaired) electrons. The first-order valence-corrected chi connectivity index (χ1v) is 6.72. The molecule has 2 amide bonds. The van der Waals surface area contributed by atoms with Crippen LogP contribution in [0.2, 0.25) is 0 Å². The van der Waals surface area contributed by atoms with E-state index in [-0.39, 0.29) is 6.03 Å². The summed E-state index contributed by atoms with van der Waals surface area (Å²) in [4.78, 5) is 24.3. The van der Waals surface area contributed by atoms with Crippen LogP contribution in [0.4, 0.5) is 10.5 Å². The molecule has 5 nitrogen and oxygen atoms in total. The lowest BCUT2D eigenvalue weighted by atomic mass is 10.2. The first kappa shape index (κ1) is 13.1. The molecule has 1 atom stereocenters. The predicted octanol–water partition coefficient (Wildman–Crippen LogP) is 2.37. The molecule has 0 aliphatic carbocycles. The van der Waals surface area contributed by atoms with Gasteiger partial charge >= 0.3 is 12.0 Å². The Morgan fingerprint density at radius 1 is 1.33 bits per heavy atom. The lowest BCUT2D eigenvalue weighted by molar-refractivity contribution is -0.141. The second-order valence-corrected chi connectivity index (χ2v) is 5.37. The number of urea groups is 1. The molecule has 0 aromatic heterocycles. The maximum atomic E-state index is 12.0. The highest BCUT2D eigenvalue weighted by Crippen LogP contribution is 2.19. The van der Waals surface area contributed by atoms with Crippen LogP contribution in [0.5, 0.6) is 0 Å². The Morgan fingerprint density at radius 2 is 2.00 bits per heavy atom. The van der Waals surface area contributed by atoms with Crippen molar-refractivity contribution < 1.29 is 14.7 Å². The van der Waals surface area contributed by atoms with Gasteiger partial charge in [0.05, 0.1) is 0 Å². The fraction of sp³-hybridized carbons (Fsp3) is 0.333. The van der Waals surface area contributed by atoms with Gasteiger partial charge in [-0.2, -0.15) is 0 Å². The second-order valence-electron chi connectivity index (χ2n) is 4.13. The smallest absolute Gasteiger partial charge is 0.326 e. The largest absolute Gasteiger partial charge is 0.480 e. The zero-order valence-corrected chi connectivity index (χ0v) is 11.8. The fourth-order valence-corrected chi connectivity index (χ4v) is 2.35. The van der Waals surface area contributed by atoms with E-state index >= 15 is 0 Å². The third kappa shape index (κ3) is 2.92. The molecule has 1 aliphatic rings. The van der Waals surface area contributed by atoms with Crippen molar-refractivity contribution in [3.05, 3.63) is 27.8 Å². The van der Waals surface area contributed by atoms with Gasteiger partial charge in [-0.15, -0.1) is 0 Å². The van der Waals surface area contributed by atoms with Crippen LogP contribution in [0.15, 0.2) is 24.3 Å². The van der Waals surface area contributed by atoms with Crippen molar-refractivity contribution in [2.24, 2.45) is 0 Å².